The zero-order chi connectivity index (χ0) is 21.5. The molecule has 0 fully saturated rings. The summed E-state index contributed by atoms with van der Waals surface area (Å²) in [5.74, 6) is 0.719. The molecule has 2 heterocycles. The minimum absolute atomic E-state index is 0.430. The molecule has 0 radical (unpaired) electrons. The number of hydrogen-bond donors (Lipinski definition) is 0. The summed E-state index contributed by atoms with van der Waals surface area (Å²) in [6, 6.07) is 21.4. The molecule has 0 N–H and O–H groups in total. The van der Waals surface area contributed by atoms with Crippen LogP contribution in [0.3, 0.4) is 0 Å². The van der Waals surface area contributed by atoms with Crippen LogP contribution in [0, 0.1) is 0 Å². The van der Waals surface area contributed by atoms with E-state index in [-0.39, 0.29) is 0 Å². The molecule has 0 aliphatic heterocycles. The summed E-state index contributed by atoms with van der Waals surface area (Å²) in [4.78, 5) is 24.8. The summed E-state index contributed by atoms with van der Waals surface area (Å²) in [5.41, 5.74) is 2.73. The van der Waals surface area contributed by atoms with Gasteiger partial charge in [-0.3, -0.25) is 0 Å². The number of hydrogen-bond acceptors (Lipinski definition) is 5. The van der Waals surface area contributed by atoms with Crippen molar-refractivity contribution in [1.29, 1.82) is 0 Å². The molecule has 5 nitrogen and oxygen atoms in total. The first-order valence-corrected chi connectivity index (χ1v) is 10.3. The van der Waals surface area contributed by atoms with Crippen LogP contribution in [0.4, 0.5) is 0 Å². The lowest BCUT2D eigenvalue weighted by molar-refractivity contribution is 0.415. The fourth-order valence-corrected chi connectivity index (χ4v) is 4.01. The van der Waals surface area contributed by atoms with Crippen molar-refractivity contribution in [2.75, 3.05) is 7.11 Å². The molecule has 0 atom stereocenters. The predicted molar refractivity (Wildman–Crippen MR) is 124 cm³/mol. The average Bonchev–Trinajstić information content (AvgIpc) is 2.78. The zero-order valence-corrected chi connectivity index (χ0v) is 17.9. The second-order valence-corrected chi connectivity index (χ2v) is 7.96. The van der Waals surface area contributed by atoms with Gasteiger partial charge in [-0.2, -0.15) is 0 Å². The lowest BCUT2D eigenvalue weighted by Gasteiger charge is -2.09. The number of methoxy groups -OCH3 is 1. The SMILES string of the molecule is COc1ccc(-c2cc(=O)oc3ccc(-c4cc5cc(Br)ccc5oc4=O)cc23)cc1. The molecule has 0 aliphatic carbocycles. The fourth-order valence-electron chi connectivity index (χ4n) is 3.64. The Morgan fingerprint density at radius 2 is 1.48 bits per heavy atom. The molecule has 0 amide bonds. The number of halogens is 1. The van der Waals surface area contributed by atoms with E-state index in [1.807, 2.05) is 42.5 Å². The molecule has 0 unspecified atom stereocenters. The van der Waals surface area contributed by atoms with Gasteiger partial charge in [0.25, 0.3) is 0 Å². The average molecular weight is 475 g/mol. The molecule has 0 saturated carbocycles. The van der Waals surface area contributed by atoms with Gasteiger partial charge in [0.1, 0.15) is 16.9 Å². The van der Waals surface area contributed by atoms with E-state index >= 15 is 0 Å². The van der Waals surface area contributed by atoms with E-state index in [2.05, 4.69) is 15.9 Å². The molecular formula is C25H15BrO5. The Morgan fingerprint density at radius 1 is 0.742 bits per heavy atom. The van der Waals surface area contributed by atoms with Gasteiger partial charge in [0.15, 0.2) is 0 Å². The summed E-state index contributed by atoms with van der Waals surface area (Å²) >= 11 is 3.45. The minimum atomic E-state index is -0.443. The summed E-state index contributed by atoms with van der Waals surface area (Å²) in [6.45, 7) is 0. The van der Waals surface area contributed by atoms with E-state index in [4.69, 9.17) is 13.6 Å². The molecule has 6 heteroatoms. The van der Waals surface area contributed by atoms with Gasteiger partial charge in [-0.05, 0) is 65.2 Å². The van der Waals surface area contributed by atoms with Gasteiger partial charge in [0, 0.05) is 21.3 Å². The third kappa shape index (κ3) is 3.55. The van der Waals surface area contributed by atoms with Gasteiger partial charge in [0.05, 0.1) is 12.7 Å². The Balaban J connectivity index is 1.74. The molecule has 3 aromatic carbocycles. The van der Waals surface area contributed by atoms with Crippen LogP contribution in [-0.4, -0.2) is 7.11 Å². The van der Waals surface area contributed by atoms with E-state index in [9.17, 15) is 9.59 Å². The monoisotopic (exact) mass is 474 g/mol. The number of benzene rings is 3. The highest BCUT2D eigenvalue weighted by Crippen LogP contribution is 2.32. The van der Waals surface area contributed by atoms with Gasteiger partial charge in [-0.1, -0.05) is 34.1 Å². The van der Waals surface area contributed by atoms with Gasteiger partial charge in [-0.15, -0.1) is 0 Å². The van der Waals surface area contributed by atoms with E-state index in [1.54, 1.807) is 31.4 Å². The molecule has 5 rings (SSSR count). The first kappa shape index (κ1) is 19.3. The Labute approximate surface area is 184 Å². The van der Waals surface area contributed by atoms with E-state index < -0.39 is 11.3 Å². The molecule has 2 aromatic heterocycles. The van der Waals surface area contributed by atoms with Gasteiger partial charge >= 0.3 is 11.3 Å². The first-order valence-electron chi connectivity index (χ1n) is 9.48. The molecule has 152 valence electrons. The van der Waals surface area contributed by atoms with Crippen LogP contribution in [-0.2, 0) is 0 Å². The smallest absolute Gasteiger partial charge is 0.344 e. The van der Waals surface area contributed by atoms with Gasteiger partial charge < -0.3 is 13.6 Å². The third-order valence-electron chi connectivity index (χ3n) is 5.15. The van der Waals surface area contributed by atoms with Crippen LogP contribution in [0.5, 0.6) is 5.75 Å². The summed E-state index contributed by atoms with van der Waals surface area (Å²) in [6.07, 6.45) is 0. The fraction of sp³-hybridized carbons (Fsp3) is 0.0400. The number of fused-ring (bicyclic) bond motifs is 2. The maximum Gasteiger partial charge on any atom is 0.344 e. The lowest BCUT2D eigenvalue weighted by atomic mass is 9.98. The Hall–Kier alpha value is -3.64. The molecule has 31 heavy (non-hydrogen) atoms. The minimum Gasteiger partial charge on any atom is -0.497 e. The van der Waals surface area contributed by atoms with Gasteiger partial charge in [-0.25, -0.2) is 9.59 Å². The third-order valence-corrected chi connectivity index (χ3v) is 5.64. The zero-order valence-electron chi connectivity index (χ0n) is 16.3. The molecular weight excluding hydrogens is 460 g/mol. The molecule has 0 saturated heterocycles. The van der Waals surface area contributed by atoms with Crippen molar-refractivity contribution in [3.05, 3.63) is 98.1 Å². The van der Waals surface area contributed by atoms with Crippen molar-refractivity contribution < 1.29 is 13.6 Å². The predicted octanol–water partition coefficient (Wildman–Crippen LogP) is 6.00. The number of ether oxygens (including phenoxy) is 1. The Kier molecular flexibility index (Phi) is 4.71. The van der Waals surface area contributed by atoms with E-state index in [1.165, 1.54) is 6.07 Å². The summed E-state index contributed by atoms with van der Waals surface area (Å²) in [7, 11) is 1.60. The lowest BCUT2D eigenvalue weighted by Crippen LogP contribution is -2.03. The van der Waals surface area contributed by atoms with E-state index in [0.29, 0.717) is 27.9 Å². The van der Waals surface area contributed by atoms with Crippen LogP contribution < -0.4 is 16.0 Å². The topological polar surface area (TPSA) is 69.7 Å². The normalized spacial score (nSPS) is 11.2. The second-order valence-electron chi connectivity index (χ2n) is 7.05. The van der Waals surface area contributed by atoms with Crippen LogP contribution in [0.2, 0.25) is 0 Å². The van der Waals surface area contributed by atoms with Crippen LogP contribution in [0.15, 0.2) is 95.7 Å². The van der Waals surface area contributed by atoms with Crippen molar-refractivity contribution in [3.8, 4) is 28.0 Å². The van der Waals surface area contributed by atoms with Crippen LogP contribution in [0.25, 0.3) is 44.2 Å². The largest absolute Gasteiger partial charge is 0.497 e. The van der Waals surface area contributed by atoms with Crippen molar-refractivity contribution in [2.45, 2.75) is 0 Å². The van der Waals surface area contributed by atoms with Crippen LogP contribution in [0.1, 0.15) is 0 Å². The van der Waals surface area contributed by atoms with E-state index in [0.717, 1.165) is 26.6 Å². The highest BCUT2D eigenvalue weighted by Gasteiger charge is 2.13. The summed E-state index contributed by atoms with van der Waals surface area (Å²) in [5, 5.41) is 1.52. The van der Waals surface area contributed by atoms with Crippen molar-refractivity contribution >= 4 is 37.9 Å². The standard InChI is InChI=1S/C25H15BrO5/c1-29-18-6-2-14(3-7-18)19-13-24(27)30-23-8-4-15(11-21(19)23)20-12-16-10-17(26)5-9-22(16)31-25(20)28/h2-13H,1H3. The Morgan fingerprint density at radius 3 is 2.26 bits per heavy atom. The Bertz CT molecular complexity index is 1560. The van der Waals surface area contributed by atoms with Crippen LogP contribution >= 0.6 is 15.9 Å². The van der Waals surface area contributed by atoms with Crippen molar-refractivity contribution in [1.82, 2.24) is 0 Å². The maximum absolute atomic E-state index is 12.7. The molecule has 0 aliphatic rings. The molecule has 5 aromatic rings. The van der Waals surface area contributed by atoms with Gasteiger partial charge in [0.2, 0.25) is 0 Å². The highest BCUT2D eigenvalue weighted by atomic mass is 79.9. The first-order chi connectivity index (χ1) is 15.0. The summed E-state index contributed by atoms with van der Waals surface area (Å²) < 4.78 is 17.0. The molecule has 0 bridgehead atoms. The maximum atomic E-state index is 12.7. The second kappa shape index (κ2) is 7.56. The quantitative estimate of drug-likeness (QED) is 0.299. The highest BCUT2D eigenvalue weighted by molar-refractivity contribution is 9.10. The van der Waals surface area contributed by atoms with Crippen molar-refractivity contribution in [3.63, 3.8) is 0 Å². The van der Waals surface area contributed by atoms with Crippen molar-refractivity contribution in [2.24, 2.45) is 0 Å². The number of rotatable bonds is 3. The molecule has 0 spiro atoms.